The van der Waals surface area contributed by atoms with E-state index in [1.54, 1.807) is 0 Å². The number of nitrogens with two attached hydrogens (primary N) is 1. The van der Waals surface area contributed by atoms with Crippen molar-refractivity contribution in [1.29, 1.82) is 0 Å². The standard InChI is InChI=1S/C9H12N5O8P/c10-9-12-5-2(6(17)13-9)11-1-14(5)7-3(15)4(16)8(21-7)22-23(18,19)20/h1,3-4,7-8,15-16H,(H2,18,19,20)(H3,10,12,13,17). The van der Waals surface area contributed by atoms with Gasteiger partial charge in [-0.3, -0.25) is 18.9 Å². The van der Waals surface area contributed by atoms with Crippen LogP contribution in [0.25, 0.3) is 11.2 Å². The summed E-state index contributed by atoms with van der Waals surface area (Å²) in [7, 11) is -4.96. The maximum atomic E-state index is 11.7. The number of phosphoric ester groups is 1. The van der Waals surface area contributed by atoms with E-state index in [4.69, 9.17) is 20.3 Å². The summed E-state index contributed by atoms with van der Waals surface area (Å²) in [5.74, 6) is -0.208. The van der Waals surface area contributed by atoms with Gasteiger partial charge in [-0.15, -0.1) is 0 Å². The van der Waals surface area contributed by atoms with Gasteiger partial charge in [-0.25, -0.2) is 9.55 Å². The van der Waals surface area contributed by atoms with E-state index in [9.17, 15) is 19.6 Å². The average molecular weight is 349 g/mol. The number of hydrogen-bond acceptors (Lipinski definition) is 9. The topological polar surface area (TPSA) is 206 Å². The van der Waals surface area contributed by atoms with E-state index in [1.807, 2.05) is 0 Å². The summed E-state index contributed by atoms with van der Waals surface area (Å²) in [6.07, 6.45) is -5.39. The first kappa shape index (κ1) is 16.0. The predicted molar refractivity (Wildman–Crippen MR) is 71.6 cm³/mol. The Morgan fingerprint density at radius 2 is 2.09 bits per heavy atom. The highest BCUT2D eigenvalue weighted by molar-refractivity contribution is 7.46. The van der Waals surface area contributed by atoms with Crippen LogP contribution in [-0.4, -0.2) is 58.0 Å². The summed E-state index contributed by atoms with van der Waals surface area (Å²) in [4.78, 5) is 39.1. The van der Waals surface area contributed by atoms with Crippen molar-refractivity contribution in [1.82, 2.24) is 19.5 Å². The number of nitrogens with zero attached hydrogens (tertiary/aromatic N) is 3. The van der Waals surface area contributed by atoms with Crippen LogP contribution in [0.5, 0.6) is 0 Å². The highest BCUT2D eigenvalue weighted by Crippen LogP contribution is 2.43. The average Bonchev–Trinajstić information content (AvgIpc) is 2.94. The minimum absolute atomic E-state index is 0.0423. The maximum Gasteiger partial charge on any atom is 0.472 e. The Hall–Kier alpha value is -1.86. The fourth-order valence-electron chi connectivity index (χ4n) is 2.21. The number of ether oxygens (including phenoxy) is 1. The van der Waals surface area contributed by atoms with Crippen molar-refractivity contribution in [2.75, 3.05) is 5.73 Å². The van der Waals surface area contributed by atoms with Crippen molar-refractivity contribution >= 4 is 24.9 Å². The Morgan fingerprint density at radius 1 is 1.39 bits per heavy atom. The summed E-state index contributed by atoms with van der Waals surface area (Å²) in [6, 6.07) is 0. The lowest BCUT2D eigenvalue weighted by Crippen LogP contribution is -2.32. The molecule has 14 heteroatoms. The molecular formula is C9H12N5O8P. The fourth-order valence-corrected chi connectivity index (χ4v) is 2.66. The Bertz CT molecular complexity index is 844. The van der Waals surface area contributed by atoms with Gasteiger partial charge in [-0.05, 0) is 0 Å². The van der Waals surface area contributed by atoms with Crippen LogP contribution in [0.1, 0.15) is 6.23 Å². The number of aromatic nitrogens is 4. The molecule has 1 aliphatic heterocycles. The fraction of sp³-hybridized carbons (Fsp3) is 0.444. The van der Waals surface area contributed by atoms with Crippen LogP contribution < -0.4 is 11.3 Å². The zero-order valence-electron chi connectivity index (χ0n) is 11.2. The molecule has 0 spiro atoms. The molecule has 7 N–H and O–H groups in total. The van der Waals surface area contributed by atoms with Gasteiger partial charge >= 0.3 is 7.82 Å². The summed E-state index contributed by atoms with van der Waals surface area (Å²) in [5.41, 5.74) is 4.68. The van der Waals surface area contributed by atoms with Crippen LogP contribution in [0.2, 0.25) is 0 Å². The molecule has 1 aliphatic rings. The lowest BCUT2D eigenvalue weighted by atomic mass is 10.2. The molecule has 0 radical (unpaired) electrons. The minimum atomic E-state index is -4.96. The summed E-state index contributed by atoms with van der Waals surface area (Å²) in [5, 5.41) is 19.8. The van der Waals surface area contributed by atoms with Crippen molar-refractivity contribution in [2.45, 2.75) is 24.7 Å². The molecule has 0 saturated carbocycles. The van der Waals surface area contributed by atoms with E-state index in [1.165, 1.54) is 0 Å². The van der Waals surface area contributed by atoms with Gasteiger partial charge in [0.1, 0.15) is 12.2 Å². The number of fused-ring (bicyclic) bond motifs is 1. The monoisotopic (exact) mass is 349 g/mol. The summed E-state index contributed by atoms with van der Waals surface area (Å²) in [6.45, 7) is 0. The molecule has 4 atom stereocenters. The normalized spacial score (nSPS) is 28.5. The number of hydrogen-bond donors (Lipinski definition) is 6. The third-order valence-corrected chi connectivity index (χ3v) is 3.64. The third kappa shape index (κ3) is 2.86. The van der Waals surface area contributed by atoms with E-state index in [0.29, 0.717) is 0 Å². The first-order valence-electron chi connectivity index (χ1n) is 6.15. The van der Waals surface area contributed by atoms with Gasteiger partial charge < -0.3 is 30.5 Å². The number of aliphatic hydroxyl groups excluding tert-OH is 2. The number of nitrogens with one attached hydrogen (secondary N) is 1. The molecule has 23 heavy (non-hydrogen) atoms. The highest BCUT2D eigenvalue weighted by atomic mass is 31.2. The summed E-state index contributed by atoms with van der Waals surface area (Å²) >= 11 is 0. The van der Waals surface area contributed by atoms with Crippen LogP contribution in [0.15, 0.2) is 11.1 Å². The van der Waals surface area contributed by atoms with Gasteiger partial charge in [0, 0.05) is 0 Å². The Morgan fingerprint density at radius 3 is 2.74 bits per heavy atom. The number of nitrogen functional groups attached to an aromatic ring is 1. The second-order valence-electron chi connectivity index (χ2n) is 4.75. The van der Waals surface area contributed by atoms with Crippen molar-refractivity contribution in [3.63, 3.8) is 0 Å². The molecule has 0 aromatic carbocycles. The van der Waals surface area contributed by atoms with Crippen molar-refractivity contribution in [2.24, 2.45) is 0 Å². The zero-order valence-corrected chi connectivity index (χ0v) is 12.1. The van der Waals surface area contributed by atoms with Gasteiger partial charge in [0.25, 0.3) is 5.56 Å². The first-order chi connectivity index (χ1) is 10.7. The Labute approximate surface area is 126 Å². The molecular weight excluding hydrogens is 337 g/mol. The van der Waals surface area contributed by atoms with E-state index >= 15 is 0 Å². The van der Waals surface area contributed by atoms with E-state index < -0.39 is 38.1 Å². The number of H-pyrrole nitrogens is 1. The van der Waals surface area contributed by atoms with E-state index in [0.717, 1.165) is 10.9 Å². The predicted octanol–water partition coefficient (Wildman–Crippen LogP) is -2.61. The number of anilines is 1. The molecule has 1 fully saturated rings. The molecule has 1 saturated heterocycles. The van der Waals surface area contributed by atoms with Crippen LogP contribution in [-0.2, 0) is 13.8 Å². The molecule has 126 valence electrons. The lowest BCUT2D eigenvalue weighted by molar-refractivity contribution is -0.134. The second kappa shape index (κ2) is 5.35. The van der Waals surface area contributed by atoms with Crippen LogP contribution in [0, 0.1) is 0 Å². The minimum Gasteiger partial charge on any atom is -0.385 e. The Balaban J connectivity index is 1.99. The molecule has 0 aliphatic carbocycles. The number of aromatic amines is 1. The molecule has 3 heterocycles. The van der Waals surface area contributed by atoms with E-state index in [-0.39, 0.29) is 17.1 Å². The number of rotatable bonds is 3. The molecule has 13 nitrogen and oxygen atoms in total. The van der Waals surface area contributed by atoms with Crippen LogP contribution in [0.3, 0.4) is 0 Å². The van der Waals surface area contributed by atoms with Crippen LogP contribution in [0.4, 0.5) is 5.95 Å². The third-order valence-electron chi connectivity index (χ3n) is 3.16. The number of aliphatic hydroxyl groups is 2. The molecule has 3 rings (SSSR count). The Kier molecular flexibility index (Phi) is 3.72. The molecule has 2 aromatic rings. The SMILES string of the molecule is Nc1nc2c(ncn2C2OC(OP(=O)(O)O)C(O)C2O)c(=O)[nH]1. The smallest absolute Gasteiger partial charge is 0.385 e. The molecule has 0 amide bonds. The maximum absolute atomic E-state index is 11.7. The summed E-state index contributed by atoms with van der Waals surface area (Å²) < 4.78 is 21.3. The quantitative estimate of drug-likeness (QED) is 0.316. The van der Waals surface area contributed by atoms with Gasteiger partial charge in [-0.2, -0.15) is 4.98 Å². The lowest BCUT2D eigenvalue weighted by Gasteiger charge is -2.16. The van der Waals surface area contributed by atoms with Crippen molar-refractivity contribution in [3.8, 4) is 0 Å². The van der Waals surface area contributed by atoms with E-state index in [2.05, 4.69) is 19.5 Å². The first-order valence-corrected chi connectivity index (χ1v) is 7.68. The van der Waals surface area contributed by atoms with Gasteiger partial charge in [0.05, 0.1) is 6.33 Å². The van der Waals surface area contributed by atoms with Crippen molar-refractivity contribution in [3.05, 3.63) is 16.7 Å². The second-order valence-corrected chi connectivity index (χ2v) is 5.94. The largest absolute Gasteiger partial charge is 0.472 e. The number of imidazole rings is 1. The zero-order chi connectivity index (χ0) is 16.9. The molecule has 4 unspecified atom stereocenters. The van der Waals surface area contributed by atoms with Gasteiger partial charge in [-0.1, -0.05) is 0 Å². The van der Waals surface area contributed by atoms with Gasteiger partial charge in [0.2, 0.25) is 5.95 Å². The number of phosphoric acid groups is 1. The molecule has 2 aromatic heterocycles. The van der Waals surface area contributed by atoms with Crippen LogP contribution >= 0.6 is 7.82 Å². The molecule has 0 bridgehead atoms. The van der Waals surface area contributed by atoms with Gasteiger partial charge in [0.15, 0.2) is 23.7 Å². The highest BCUT2D eigenvalue weighted by Gasteiger charge is 2.47. The van der Waals surface area contributed by atoms with Crippen molar-refractivity contribution < 1.29 is 33.8 Å².